The van der Waals surface area contributed by atoms with Crippen molar-refractivity contribution in [3.05, 3.63) is 39.7 Å². The maximum Gasteiger partial charge on any atom is 0.270 e. The van der Waals surface area contributed by atoms with Gasteiger partial charge in [0, 0.05) is 30.0 Å². The van der Waals surface area contributed by atoms with Crippen LogP contribution in [0.25, 0.3) is 0 Å². The Balaban J connectivity index is 2.94. The fourth-order valence-electron chi connectivity index (χ4n) is 3.54. The lowest BCUT2D eigenvalue weighted by molar-refractivity contribution is -0.385. The highest BCUT2D eigenvalue weighted by Crippen LogP contribution is 2.52. The Morgan fingerprint density at radius 1 is 1.27 bits per heavy atom. The summed E-state index contributed by atoms with van der Waals surface area (Å²) >= 11 is 0. The summed E-state index contributed by atoms with van der Waals surface area (Å²) in [5, 5.41) is 20.7. The number of aliphatic imine (C=N–C) groups is 1. The minimum Gasteiger partial charge on any atom is -0.396 e. The van der Waals surface area contributed by atoms with Gasteiger partial charge in [-0.25, -0.2) is 12.8 Å². The van der Waals surface area contributed by atoms with Gasteiger partial charge < -0.3 is 5.11 Å². The van der Waals surface area contributed by atoms with Crippen LogP contribution in [-0.2, 0) is 15.4 Å². The third-order valence-corrected chi connectivity index (χ3v) is 9.26. The summed E-state index contributed by atoms with van der Waals surface area (Å²) in [7, 11) is -3.95. The second-order valence-corrected chi connectivity index (χ2v) is 10.3. The second kappa shape index (κ2) is 6.09. The molecule has 26 heavy (non-hydrogen) atoms. The smallest absolute Gasteiger partial charge is 0.270 e. The lowest BCUT2D eigenvalue weighted by Gasteiger charge is -2.51. The average Bonchev–Trinajstić information content (AvgIpc) is 2.53. The van der Waals surface area contributed by atoms with Gasteiger partial charge in [-0.3, -0.25) is 15.1 Å². The molecule has 0 aliphatic carbocycles. The van der Waals surface area contributed by atoms with Gasteiger partial charge in [0.15, 0.2) is 9.84 Å². The monoisotopic (exact) mass is 386 g/mol. The van der Waals surface area contributed by atoms with E-state index in [1.165, 1.54) is 27.7 Å². The van der Waals surface area contributed by atoms with Crippen molar-refractivity contribution in [2.75, 3.05) is 6.61 Å². The molecular weight excluding hydrogens is 363 g/mol. The van der Waals surface area contributed by atoms with Crippen molar-refractivity contribution in [3.63, 3.8) is 0 Å². The van der Waals surface area contributed by atoms with Gasteiger partial charge in [0.2, 0.25) is 0 Å². The van der Waals surface area contributed by atoms with Crippen LogP contribution >= 0.6 is 0 Å². The number of rotatable bonds is 4. The molecule has 1 aliphatic rings. The van der Waals surface area contributed by atoms with Crippen molar-refractivity contribution in [3.8, 4) is 0 Å². The van der Waals surface area contributed by atoms with E-state index < -0.39 is 42.2 Å². The normalized spacial score (nSPS) is 29.9. The molecule has 0 bridgehead atoms. The van der Waals surface area contributed by atoms with E-state index >= 15 is 0 Å². The molecule has 0 fully saturated rings. The van der Waals surface area contributed by atoms with Crippen molar-refractivity contribution >= 4 is 21.2 Å². The molecule has 2 atom stereocenters. The van der Waals surface area contributed by atoms with Gasteiger partial charge in [-0.15, -0.1) is 0 Å². The van der Waals surface area contributed by atoms with Crippen molar-refractivity contribution < 1.29 is 22.8 Å². The average molecular weight is 386 g/mol. The predicted molar refractivity (Wildman–Crippen MR) is 96.6 cm³/mol. The largest absolute Gasteiger partial charge is 0.396 e. The van der Waals surface area contributed by atoms with E-state index in [1.807, 2.05) is 0 Å². The van der Waals surface area contributed by atoms with Crippen molar-refractivity contribution in [2.24, 2.45) is 4.99 Å². The minimum absolute atomic E-state index is 0.180. The van der Waals surface area contributed by atoms with Crippen LogP contribution in [-0.4, -0.2) is 40.3 Å². The number of hydrogen-bond donors (Lipinski definition) is 1. The van der Waals surface area contributed by atoms with Crippen LogP contribution in [0.3, 0.4) is 0 Å². The van der Waals surface area contributed by atoms with E-state index in [0.717, 1.165) is 18.2 Å². The highest BCUT2D eigenvalue weighted by atomic mass is 32.2. The number of nitro benzene ring substituents is 1. The Morgan fingerprint density at radius 2 is 1.85 bits per heavy atom. The van der Waals surface area contributed by atoms with E-state index in [2.05, 4.69) is 4.99 Å². The first-order chi connectivity index (χ1) is 11.8. The molecule has 0 amide bonds. The summed E-state index contributed by atoms with van der Waals surface area (Å²) in [6.07, 6.45) is -0.186. The van der Waals surface area contributed by atoms with Crippen LogP contribution in [0.2, 0.25) is 0 Å². The molecule has 1 unspecified atom stereocenters. The van der Waals surface area contributed by atoms with Gasteiger partial charge >= 0.3 is 0 Å². The van der Waals surface area contributed by atoms with E-state index in [-0.39, 0.29) is 23.4 Å². The number of halogens is 1. The maximum atomic E-state index is 14.7. The fourth-order valence-corrected chi connectivity index (χ4v) is 6.14. The third-order valence-electron chi connectivity index (χ3n) is 5.83. The van der Waals surface area contributed by atoms with E-state index in [4.69, 9.17) is 0 Å². The lowest BCUT2D eigenvalue weighted by atomic mass is 9.77. The van der Waals surface area contributed by atoms with Crippen LogP contribution in [0.15, 0.2) is 23.2 Å². The third kappa shape index (κ3) is 2.48. The van der Waals surface area contributed by atoms with Gasteiger partial charge in [0.1, 0.15) is 20.9 Å². The first-order valence-corrected chi connectivity index (χ1v) is 9.61. The van der Waals surface area contributed by atoms with Crippen LogP contribution in [0, 0.1) is 15.9 Å². The zero-order valence-corrected chi connectivity index (χ0v) is 16.2. The maximum absolute atomic E-state index is 14.7. The lowest BCUT2D eigenvalue weighted by Crippen LogP contribution is -2.64. The van der Waals surface area contributed by atoms with Gasteiger partial charge in [-0.05, 0) is 47.1 Å². The first-order valence-electron chi connectivity index (χ1n) is 8.12. The summed E-state index contributed by atoms with van der Waals surface area (Å²) in [4.78, 5) is 15.0. The topological polar surface area (TPSA) is 110 Å². The molecule has 0 aromatic heterocycles. The zero-order valence-electron chi connectivity index (χ0n) is 15.4. The summed E-state index contributed by atoms with van der Waals surface area (Å²) in [5.74, 6) is -0.784. The molecule has 2 rings (SSSR count). The Hall–Kier alpha value is -1.87. The molecule has 1 aromatic carbocycles. The standard InChI is InChI=1S/C17H23FN2O5S/c1-11-15(2,3)26(24,25)16(4,8-9-21)17(5,19-11)13-10-12(20(22)23)6-7-14(13)18/h6-7,10,21H,8-9H2,1-5H3/t16?,17-/m1/s1. The Labute approximate surface area is 152 Å². The highest BCUT2D eigenvalue weighted by Gasteiger charge is 2.63. The number of non-ortho nitro benzene ring substituents is 1. The number of aliphatic hydroxyl groups is 1. The minimum atomic E-state index is -3.95. The quantitative estimate of drug-likeness (QED) is 0.632. The van der Waals surface area contributed by atoms with E-state index in [9.17, 15) is 28.0 Å². The van der Waals surface area contributed by atoms with Crippen molar-refractivity contribution in [2.45, 2.75) is 56.1 Å². The molecule has 0 saturated carbocycles. The summed E-state index contributed by atoms with van der Waals surface area (Å²) in [6, 6.07) is 2.98. The molecule has 1 aliphatic heterocycles. The Bertz CT molecular complexity index is 896. The van der Waals surface area contributed by atoms with Crippen LogP contribution in [0.1, 0.15) is 46.6 Å². The van der Waals surface area contributed by atoms with Gasteiger partial charge in [0.05, 0.1) is 4.92 Å². The molecule has 1 aromatic rings. The van der Waals surface area contributed by atoms with Gasteiger partial charge in [0.25, 0.3) is 5.69 Å². The number of nitro groups is 1. The first kappa shape index (κ1) is 20.4. The molecule has 0 radical (unpaired) electrons. The molecule has 7 nitrogen and oxygen atoms in total. The molecule has 144 valence electrons. The van der Waals surface area contributed by atoms with Crippen LogP contribution in [0.4, 0.5) is 10.1 Å². The van der Waals surface area contributed by atoms with Crippen molar-refractivity contribution in [1.29, 1.82) is 0 Å². The molecule has 0 spiro atoms. The molecule has 0 saturated heterocycles. The van der Waals surface area contributed by atoms with Gasteiger partial charge in [-0.1, -0.05) is 0 Å². The summed E-state index contributed by atoms with van der Waals surface area (Å²) < 4.78 is 38.6. The number of nitrogens with zero attached hydrogens (tertiary/aromatic N) is 2. The van der Waals surface area contributed by atoms with Crippen LogP contribution < -0.4 is 0 Å². The van der Waals surface area contributed by atoms with Crippen molar-refractivity contribution in [1.82, 2.24) is 0 Å². The van der Waals surface area contributed by atoms with Gasteiger partial charge in [-0.2, -0.15) is 0 Å². The zero-order chi connectivity index (χ0) is 20.1. The summed E-state index contributed by atoms with van der Waals surface area (Å²) in [6.45, 7) is 6.98. The predicted octanol–water partition coefficient (Wildman–Crippen LogP) is 2.76. The number of hydrogen-bond acceptors (Lipinski definition) is 6. The number of sulfone groups is 1. The number of benzene rings is 1. The van der Waals surface area contributed by atoms with E-state index in [1.54, 1.807) is 6.92 Å². The molecule has 1 heterocycles. The fraction of sp³-hybridized carbons (Fsp3) is 0.588. The van der Waals surface area contributed by atoms with E-state index in [0.29, 0.717) is 0 Å². The SMILES string of the molecule is CC1=N[C@](C)(c2cc([N+](=O)[O-])ccc2F)C(C)(CCO)S(=O)(=O)C1(C)C. The Morgan fingerprint density at radius 3 is 2.35 bits per heavy atom. The summed E-state index contributed by atoms with van der Waals surface area (Å²) in [5.41, 5.74) is -1.89. The number of aliphatic hydroxyl groups excluding tert-OH is 1. The second-order valence-electron chi connectivity index (χ2n) is 7.41. The van der Waals surface area contributed by atoms with Crippen LogP contribution in [0.5, 0.6) is 0 Å². The molecule has 9 heteroatoms. The Kier molecular flexibility index (Phi) is 4.79. The molecular formula is C17H23FN2O5S. The highest BCUT2D eigenvalue weighted by molar-refractivity contribution is 7.95. The molecule has 1 N–H and O–H groups in total.